The Kier molecular flexibility index (Phi) is 7.42. The summed E-state index contributed by atoms with van der Waals surface area (Å²) in [4.78, 5) is 37.0. The van der Waals surface area contributed by atoms with Gasteiger partial charge >= 0.3 is 18.2 Å². The van der Waals surface area contributed by atoms with Gasteiger partial charge in [0.25, 0.3) is 5.91 Å². The normalized spacial score (nSPS) is 14.0. The molecule has 2 aromatic rings. The van der Waals surface area contributed by atoms with E-state index >= 15 is 0 Å². The van der Waals surface area contributed by atoms with E-state index in [1.807, 2.05) is 48.5 Å². The SMILES string of the molecule is CC(C)(C)N(CCC(=O)O)C(=O)C(NC(=O)OCC1c2ccccc2-c2ccccc21)C(F)(F)F. The second-order valence-electron chi connectivity index (χ2n) is 9.25. The van der Waals surface area contributed by atoms with Gasteiger partial charge in [0, 0.05) is 18.0 Å². The number of carbonyl (C=O) groups excluding carboxylic acids is 2. The lowest BCUT2D eigenvalue weighted by atomic mass is 9.98. The highest BCUT2D eigenvalue weighted by Gasteiger charge is 2.49. The van der Waals surface area contributed by atoms with Gasteiger partial charge in [-0.25, -0.2) is 4.79 Å². The van der Waals surface area contributed by atoms with Crippen molar-refractivity contribution in [2.75, 3.05) is 13.2 Å². The molecule has 1 atom stereocenters. The Morgan fingerprint density at radius 2 is 1.51 bits per heavy atom. The van der Waals surface area contributed by atoms with Crippen LogP contribution in [0.25, 0.3) is 11.1 Å². The van der Waals surface area contributed by atoms with Gasteiger partial charge in [-0.15, -0.1) is 0 Å². The highest BCUT2D eigenvalue weighted by Crippen LogP contribution is 2.44. The summed E-state index contributed by atoms with van der Waals surface area (Å²) in [7, 11) is 0. The van der Waals surface area contributed by atoms with Crippen molar-refractivity contribution in [1.29, 1.82) is 0 Å². The van der Waals surface area contributed by atoms with E-state index in [0.717, 1.165) is 27.2 Å². The fourth-order valence-electron chi connectivity index (χ4n) is 4.18. The van der Waals surface area contributed by atoms with Crippen LogP contribution in [0.3, 0.4) is 0 Å². The molecule has 7 nitrogen and oxygen atoms in total. The molecule has 1 aliphatic rings. The molecule has 35 heavy (non-hydrogen) atoms. The summed E-state index contributed by atoms with van der Waals surface area (Å²) < 4.78 is 46.5. The fourth-order valence-corrected chi connectivity index (χ4v) is 4.18. The lowest BCUT2D eigenvalue weighted by molar-refractivity contribution is -0.177. The van der Waals surface area contributed by atoms with E-state index in [0.29, 0.717) is 0 Å². The molecule has 0 heterocycles. The van der Waals surface area contributed by atoms with Crippen LogP contribution in [0.4, 0.5) is 18.0 Å². The zero-order chi connectivity index (χ0) is 26.0. The Bertz CT molecular complexity index is 1070. The van der Waals surface area contributed by atoms with E-state index in [9.17, 15) is 27.6 Å². The lowest BCUT2D eigenvalue weighted by Gasteiger charge is -2.38. The Hall–Kier alpha value is -3.56. The molecule has 2 amide bonds. The summed E-state index contributed by atoms with van der Waals surface area (Å²) in [6.45, 7) is 3.77. The lowest BCUT2D eigenvalue weighted by Crippen LogP contribution is -2.60. The number of carbonyl (C=O) groups is 3. The van der Waals surface area contributed by atoms with Gasteiger partial charge in [0.1, 0.15) is 6.61 Å². The number of aliphatic carboxylic acids is 1. The number of fused-ring (bicyclic) bond motifs is 3. The predicted molar refractivity (Wildman–Crippen MR) is 122 cm³/mol. The predicted octanol–water partition coefficient (Wildman–Crippen LogP) is 4.56. The largest absolute Gasteiger partial charge is 0.481 e. The molecular formula is C25H27F3N2O5. The smallest absolute Gasteiger partial charge is 0.417 e. The molecule has 0 bridgehead atoms. The molecule has 1 unspecified atom stereocenters. The molecular weight excluding hydrogens is 465 g/mol. The molecule has 0 saturated heterocycles. The van der Waals surface area contributed by atoms with Crippen molar-refractivity contribution in [2.24, 2.45) is 0 Å². The number of ether oxygens (including phenoxy) is 1. The first-order valence-electron chi connectivity index (χ1n) is 11.0. The van der Waals surface area contributed by atoms with E-state index in [1.165, 1.54) is 20.8 Å². The first-order valence-corrected chi connectivity index (χ1v) is 11.0. The van der Waals surface area contributed by atoms with Crippen molar-refractivity contribution in [3.8, 4) is 11.1 Å². The summed E-state index contributed by atoms with van der Waals surface area (Å²) in [5.74, 6) is -3.09. The Morgan fingerprint density at radius 3 is 1.97 bits per heavy atom. The van der Waals surface area contributed by atoms with Gasteiger partial charge in [0.15, 0.2) is 0 Å². The Morgan fingerprint density at radius 1 is 1.00 bits per heavy atom. The zero-order valence-electron chi connectivity index (χ0n) is 19.6. The molecule has 2 aromatic carbocycles. The first kappa shape index (κ1) is 26.1. The molecule has 0 spiro atoms. The van der Waals surface area contributed by atoms with Crippen LogP contribution in [0, 0.1) is 0 Å². The van der Waals surface area contributed by atoms with Gasteiger partial charge in [-0.2, -0.15) is 13.2 Å². The van der Waals surface area contributed by atoms with Gasteiger partial charge in [-0.05, 0) is 43.0 Å². The summed E-state index contributed by atoms with van der Waals surface area (Å²) >= 11 is 0. The highest BCUT2D eigenvalue weighted by molar-refractivity contribution is 5.87. The third-order valence-electron chi connectivity index (χ3n) is 5.81. The summed E-state index contributed by atoms with van der Waals surface area (Å²) in [5, 5.41) is 10.6. The number of hydrogen-bond donors (Lipinski definition) is 2. The number of rotatable bonds is 7. The number of alkyl carbamates (subject to hydrolysis) is 1. The molecule has 1 aliphatic carbocycles. The molecule has 0 fully saturated rings. The quantitative estimate of drug-likeness (QED) is 0.591. The van der Waals surface area contributed by atoms with Crippen molar-refractivity contribution >= 4 is 18.0 Å². The monoisotopic (exact) mass is 492 g/mol. The maximum absolute atomic E-state index is 13.8. The van der Waals surface area contributed by atoms with E-state index in [2.05, 4.69) is 0 Å². The van der Waals surface area contributed by atoms with Crippen molar-refractivity contribution in [2.45, 2.75) is 50.9 Å². The van der Waals surface area contributed by atoms with Gasteiger partial charge < -0.3 is 20.1 Å². The van der Waals surface area contributed by atoms with Crippen LogP contribution in [0.5, 0.6) is 0 Å². The van der Waals surface area contributed by atoms with Gasteiger partial charge in [0.05, 0.1) is 6.42 Å². The van der Waals surface area contributed by atoms with Crippen molar-refractivity contribution in [3.63, 3.8) is 0 Å². The molecule has 10 heteroatoms. The Balaban J connectivity index is 1.75. The highest BCUT2D eigenvalue weighted by atomic mass is 19.4. The van der Waals surface area contributed by atoms with Crippen molar-refractivity contribution in [1.82, 2.24) is 10.2 Å². The molecule has 2 N–H and O–H groups in total. The van der Waals surface area contributed by atoms with Crippen LogP contribution < -0.4 is 5.32 Å². The maximum Gasteiger partial charge on any atom is 0.417 e. The summed E-state index contributed by atoms with van der Waals surface area (Å²) in [5.41, 5.74) is 2.58. The minimum absolute atomic E-state index is 0.222. The average Bonchev–Trinajstić information content (AvgIpc) is 3.08. The van der Waals surface area contributed by atoms with Crippen LogP contribution >= 0.6 is 0 Å². The third kappa shape index (κ3) is 5.93. The second-order valence-corrected chi connectivity index (χ2v) is 9.25. The van der Waals surface area contributed by atoms with E-state index < -0.39 is 48.7 Å². The number of nitrogens with one attached hydrogen (secondary N) is 1. The standard InChI is InChI=1S/C25H27F3N2O5/c1-24(2,3)30(13-12-20(31)32)22(33)21(25(26,27)28)29-23(34)35-14-19-17-10-6-4-8-15(17)16-9-5-7-11-18(16)19/h4-11,19,21H,12-14H2,1-3H3,(H,29,34)(H,31,32). The molecule has 3 rings (SSSR count). The molecule has 188 valence electrons. The topological polar surface area (TPSA) is 95.9 Å². The summed E-state index contributed by atoms with van der Waals surface area (Å²) in [6, 6.07) is 12.1. The number of amides is 2. The van der Waals surface area contributed by atoms with Crippen molar-refractivity contribution in [3.05, 3.63) is 59.7 Å². The third-order valence-corrected chi connectivity index (χ3v) is 5.81. The molecule has 0 aromatic heterocycles. The minimum Gasteiger partial charge on any atom is -0.481 e. The molecule has 0 saturated carbocycles. The van der Waals surface area contributed by atoms with Gasteiger partial charge in [-0.3, -0.25) is 9.59 Å². The van der Waals surface area contributed by atoms with Crippen LogP contribution in [0.1, 0.15) is 44.2 Å². The van der Waals surface area contributed by atoms with Gasteiger partial charge in [0.2, 0.25) is 6.04 Å². The number of carboxylic acid groups (broad SMARTS) is 1. The van der Waals surface area contributed by atoms with Gasteiger partial charge in [-0.1, -0.05) is 48.5 Å². The Labute approximate surface area is 200 Å². The fraction of sp³-hybridized carbons (Fsp3) is 0.400. The van der Waals surface area contributed by atoms with Crippen LogP contribution in [0.15, 0.2) is 48.5 Å². The second kappa shape index (κ2) is 9.97. The first-order chi connectivity index (χ1) is 16.3. The van der Waals surface area contributed by atoms with E-state index in [1.54, 1.807) is 5.32 Å². The maximum atomic E-state index is 13.8. The van der Waals surface area contributed by atoms with E-state index in [-0.39, 0.29) is 12.5 Å². The van der Waals surface area contributed by atoms with Crippen LogP contribution in [0.2, 0.25) is 0 Å². The number of nitrogens with zero attached hydrogens (tertiary/aromatic N) is 1. The van der Waals surface area contributed by atoms with Crippen molar-refractivity contribution < 1.29 is 37.4 Å². The average molecular weight is 492 g/mol. The number of halogens is 3. The zero-order valence-corrected chi connectivity index (χ0v) is 19.6. The van der Waals surface area contributed by atoms with Crippen LogP contribution in [-0.4, -0.2) is 58.9 Å². The molecule has 0 aliphatic heterocycles. The molecule has 0 radical (unpaired) electrons. The van der Waals surface area contributed by atoms with E-state index in [4.69, 9.17) is 9.84 Å². The number of benzene rings is 2. The number of carboxylic acids is 1. The van der Waals surface area contributed by atoms with Crippen LogP contribution in [-0.2, 0) is 14.3 Å². The minimum atomic E-state index is -5.12. The summed E-state index contributed by atoms with van der Waals surface area (Å²) in [6.07, 6.45) is -7.05. The number of hydrogen-bond acceptors (Lipinski definition) is 4. The number of alkyl halides is 3.